The average molecular weight is 159 g/mol. The fraction of sp³-hybridized carbons (Fsp3) is 0. The van der Waals surface area contributed by atoms with Gasteiger partial charge < -0.3 is 25.4 Å². The van der Waals surface area contributed by atoms with Gasteiger partial charge in [0.15, 0.2) is 0 Å². The normalized spacial score (nSPS) is 7.38. The van der Waals surface area contributed by atoms with Gasteiger partial charge in [0.1, 0.15) is 0 Å². The van der Waals surface area contributed by atoms with Gasteiger partial charge in [-0.15, -0.1) is 0 Å². The van der Waals surface area contributed by atoms with Crippen molar-refractivity contribution in [1.29, 1.82) is 0 Å². The van der Waals surface area contributed by atoms with Gasteiger partial charge in [-0.1, -0.05) is 0 Å². The van der Waals surface area contributed by atoms with E-state index in [1.807, 2.05) is 0 Å². The zero-order chi connectivity index (χ0) is 4.50. The van der Waals surface area contributed by atoms with Crippen molar-refractivity contribution >= 4 is 7.82 Å². The van der Waals surface area contributed by atoms with Gasteiger partial charge in [-0.2, -0.15) is 0 Å². The quantitative estimate of drug-likeness (QED) is 0.268. The van der Waals surface area contributed by atoms with Gasteiger partial charge in [0, 0.05) is 0 Å². The van der Waals surface area contributed by atoms with Crippen LogP contribution in [0, 0.1) is 0 Å². The standard InChI is InChI=1S/H3N.2Na.H3O4P/c;;;1-5(2,3)4/h1H3;;;(H3,1,2,3,4)/q;2*+1;/p-2. The van der Waals surface area contributed by atoms with Crippen LogP contribution in [0.4, 0.5) is 0 Å². The maximum atomic E-state index is 8.66. The first-order valence-electron chi connectivity index (χ1n) is 0.748. The van der Waals surface area contributed by atoms with Gasteiger partial charge >= 0.3 is 59.1 Å². The minimum Gasteiger partial charge on any atom is -0.790 e. The van der Waals surface area contributed by atoms with Gasteiger partial charge in [0.2, 0.25) is 0 Å². The van der Waals surface area contributed by atoms with Crippen molar-refractivity contribution in [2.24, 2.45) is 0 Å². The van der Waals surface area contributed by atoms with Crippen LogP contribution in [0.2, 0.25) is 0 Å². The Morgan fingerprint density at radius 2 is 1.25 bits per heavy atom. The third kappa shape index (κ3) is 94.1. The molecule has 0 aromatic carbocycles. The summed E-state index contributed by atoms with van der Waals surface area (Å²) in [6, 6.07) is 0. The van der Waals surface area contributed by atoms with E-state index in [1.54, 1.807) is 0 Å². The molecule has 8 heavy (non-hydrogen) atoms. The monoisotopic (exact) mass is 159 g/mol. The molecule has 0 spiro atoms. The summed E-state index contributed by atoms with van der Waals surface area (Å²) in [6.45, 7) is 0. The summed E-state index contributed by atoms with van der Waals surface area (Å²) in [5.74, 6) is 0. The van der Waals surface area contributed by atoms with E-state index >= 15 is 0 Å². The molecule has 0 aromatic rings. The maximum Gasteiger partial charge on any atom is 1.00 e. The molecule has 0 bridgehead atoms. The Labute approximate surface area is 91.3 Å². The van der Waals surface area contributed by atoms with E-state index in [2.05, 4.69) is 0 Å². The van der Waals surface area contributed by atoms with Crippen LogP contribution < -0.4 is 75.1 Å². The topological polar surface area (TPSA) is 118 Å². The fourth-order valence-corrected chi connectivity index (χ4v) is 0. The van der Waals surface area contributed by atoms with Crippen LogP contribution in [0.3, 0.4) is 0 Å². The van der Waals surface area contributed by atoms with E-state index in [9.17, 15) is 0 Å². The third-order valence-corrected chi connectivity index (χ3v) is 0. The Morgan fingerprint density at radius 3 is 1.25 bits per heavy atom. The second kappa shape index (κ2) is 9.07. The first-order valence-corrected chi connectivity index (χ1v) is 2.24. The molecule has 0 aliphatic rings. The minimum atomic E-state index is -5.14. The molecule has 0 rings (SSSR count). The molecule has 0 unspecified atom stereocenters. The van der Waals surface area contributed by atoms with Crippen LogP contribution in [0.15, 0.2) is 0 Å². The van der Waals surface area contributed by atoms with Crippen LogP contribution in [0.25, 0.3) is 0 Å². The maximum absolute atomic E-state index is 8.66. The summed E-state index contributed by atoms with van der Waals surface area (Å²) in [4.78, 5) is 24.3. The Hall–Kier alpha value is 2.07. The van der Waals surface area contributed by atoms with E-state index in [-0.39, 0.29) is 65.3 Å². The summed E-state index contributed by atoms with van der Waals surface area (Å²) in [5, 5.41) is 0. The summed E-state index contributed by atoms with van der Waals surface area (Å²) in [5.41, 5.74) is 0. The molecule has 4 N–H and O–H groups in total. The van der Waals surface area contributed by atoms with Crippen molar-refractivity contribution in [3.8, 4) is 0 Å². The summed E-state index contributed by atoms with van der Waals surface area (Å²) < 4.78 is 8.66. The van der Waals surface area contributed by atoms with Crippen LogP contribution in [0.1, 0.15) is 0 Å². The minimum absolute atomic E-state index is 0. The van der Waals surface area contributed by atoms with Crippen LogP contribution in [-0.4, -0.2) is 4.89 Å². The van der Waals surface area contributed by atoms with E-state index in [0.717, 1.165) is 0 Å². The predicted molar refractivity (Wildman–Crippen MR) is 14.8 cm³/mol. The Morgan fingerprint density at radius 1 is 1.25 bits per heavy atom. The fourth-order valence-electron chi connectivity index (χ4n) is 0. The van der Waals surface area contributed by atoms with Crippen molar-refractivity contribution < 1.29 is 78.4 Å². The SMILES string of the molecule is N.O=P([O-])([O-])O.[Na+].[Na+]. The number of hydrogen-bond acceptors (Lipinski definition) is 4. The van der Waals surface area contributed by atoms with E-state index in [1.165, 1.54) is 0 Å². The summed E-state index contributed by atoms with van der Waals surface area (Å²) in [6.07, 6.45) is 0. The van der Waals surface area contributed by atoms with E-state index in [4.69, 9.17) is 19.2 Å². The number of phosphoric acid groups is 1. The number of hydrogen-bond donors (Lipinski definition) is 2. The van der Waals surface area contributed by atoms with Crippen molar-refractivity contribution in [1.82, 2.24) is 6.15 Å². The summed E-state index contributed by atoms with van der Waals surface area (Å²) >= 11 is 0. The molecule has 8 heteroatoms. The van der Waals surface area contributed by atoms with Gasteiger partial charge in [-0.25, -0.2) is 0 Å². The molecule has 0 atom stereocenters. The Kier molecular flexibility index (Phi) is 25.5. The third-order valence-electron chi connectivity index (χ3n) is 0. The van der Waals surface area contributed by atoms with E-state index < -0.39 is 7.82 Å². The second-order valence-electron chi connectivity index (χ2n) is 0.469. The second-order valence-corrected chi connectivity index (χ2v) is 1.41. The van der Waals surface area contributed by atoms with Gasteiger partial charge in [0.05, 0.1) is 7.82 Å². The van der Waals surface area contributed by atoms with Gasteiger partial charge in [0.25, 0.3) is 0 Å². The Bertz CT molecular complexity index is 60.2. The van der Waals surface area contributed by atoms with Crippen LogP contribution in [0.5, 0.6) is 0 Å². The Balaban J connectivity index is -0.0000000267. The van der Waals surface area contributed by atoms with E-state index in [0.29, 0.717) is 0 Å². The van der Waals surface area contributed by atoms with Crippen LogP contribution in [-0.2, 0) is 4.57 Å². The van der Waals surface area contributed by atoms with Crippen molar-refractivity contribution in [3.63, 3.8) is 0 Å². The largest absolute Gasteiger partial charge is 1.00 e. The molecule has 5 nitrogen and oxygen atoms in total. The van der Waals surface area contributed by atoms with Crippen molar-refractivity contribution in [2.45, 2.75) is 0 Å². The van der Waals surface area contributed by atoms with Gasteiger partial charge in [-0.3, -0.25) is 0 Å². The molecule has 0 saturated heterocycles. The zero-order valence-corrected chi connectivity index (χ0v) is 9.72. The van der Waals surface area contributed by atoms with Crippen molar-refractivity contribution in [3.05, 3.63) is 0 Å². The van der Waals surface area contributed by atoms with Crippen LogP contribution >= 0.6 is 7.82 Å². The molecular weight excluding hydrogens is 155 g/mol. The van der Waals surface area contributed by atoms with Gasteiger partial charge in [-0.05, 0) is 0 Å². The first-order chi connectivity index (χ1) is 2.00. The molecule has 0 heterocycles. The molecule has 0 aromatic heterocycles. The summed E-state index contributed by atoms with van der Waals surface area (Å²) in [7, 11) is -5.14. The first kappa shape index (κ1) is 22.5. The molecule has 0 aliphatic heterocycles. The molecule has 0 radical (unpaired) electrons. The average Bonchev–Trinajstić information content (AvgIpc) is 0.722. The smallest absolute Gasteiger partial charge is 0.790 e. The predicted octanol–water partition coefficient (Wildman–Crippen LogP) is -8.02. The molecule has 0 saturated carbocycles. The molecule has 40 valence electrons. The van der Waals surface area contributed by atoms with Crippen molar-refractivity contribution in [2.75, 3.05) is 0 Å². The molecular formula is H4NNa2O4P. The number of rotatable bonds is 0. The molecule has 0 aliphatic carbocycles. The molecule has 0 fully saturated rings. The molecule has 0 amide bonds. The zero-order valence-electron chi connectivity index (χ0n) is 4.83.